The van der Waals surface area contributed by atoms with Gasteiger partial charge in [0.25, 0.3) is 5.91 Å². The second-order valence-electron chi connectivity index (χ2n) is 7.82. The number of pyridine rings is 1. The smallest absolute Gasteiger partial charge is 0.269 e. The fourth-order valence-corrected chi connectivity index (χ4v) is 4.50. The lowest BCUT2D eigenvalue weighted by Crippen LogP contribution is -2.48. The Hall–Kier alpha value is -3.86. The molecule has 1 amide bonds. The van der Waals surface area contributed by atoms with E-state index in [1.54, 1.807) is 23.4 Å². The van der Waals surface area contributed by atoms with E-state index < -0.39 is 0 Å². The third-order valence-corrected chi connectivity index (χ3v) is 5.90. The molecule has 8 heteroatoms. The number of hydrogen-bond acceptors (Lipinski definition) is 6. The van der Waals surface area contributed by atoms with Crippen LogP contribution in [0.4, 0.5) is 11.4 Å². The molecule has 1 saturated heterocycles. The zero-order valence-electron chi connectivity index (χ0n) is 16.2. The minimum Gasteiger partial charge on any atom is -0.355 e. The van der Waals surface area contributed by atoms with Crippen LogP contribution in [-0.2, 0) is 0 Å². The molecule has 30 heavy (non-hydrogen) atoms. The highest BCUT2D eigenvalue weighted by atomic mass is 16.2. The first-order valence-corrected chi connectivity index (χ1v) is 10.0. The molecular weight excluding hydrogens is 378 g/mol. The molecule has 2 aliphatic rings. The van der Waals surface area contributed by atoms with Crippen LogP contribution in [0.2, 0.25) is 0 Å². The maximum atomic E-state index is 12.8. The minimum absolute atomic E-state index is 0.00338. The SMILES string of the molecule is N#CN1CC2CC(NC(=O)c3cc(-c4cnccc4Nc4ccccc4)n[nH]3)C1C2. The lowest BCUT2D eigenvalue weighted by Gasteiger charge is -2.29. The monoisotopic (exact) mass is 399 g/mol. The summed E-state index contributed by atoms with van der Waals surface area (Å²) in [5.74, 6) is 0.282. The van der Waals surface area contributed by atoms with E-state index >= 15 is 0 Å². The number of anilines is 2. The van der Waals surface area contributed by atoms with E-state index in [0.717, 1.165) is 36.3 Å². The summed E-state index contributed by atoms with van der Waals surface area (Å²) < 4.78 is 0. The molecule has 2 aromatic heterocycles. The number of amides is 1. The van der Waals surface area contributed by atoms with E-state index in [2.05, 4.69) is 32.0 Å². The standard InChI is InChI=1S/C22H21N7O/c23-13-29-12-14-8-19(21(29)9-14)26-22(30)20-10-18(27-28-20)16-11-24-7-6-17(16)25-15-4-2-1-3-5-15/h1-7,10-11,14,19,21H,8-9,12H2,(H,24,25)(H,26,30)(H,27,28). The van der Waals surface area contributed by atoms with Gasteiger partial charge in [0, 0.05) is 30.2 Å². The van der Waals surface area contributed by atoms with Crippen molar-refractivity contribution in [1.29, 1.82) is 5.26 Å². The molecule has 3 atom stereocenters. The van der Waals surface area contributed by atoms with Crippen LogP contribution in [-0.4, -0.2) is 44.6 Å². The Kier molecular flexibility index (Phi) is 4.56. The van der Waals surface area contributed by atoms with Crippen LogP contribution >= 0.6 is 0 Å². The summed E-state index contributed by atoms with van der Waals surface area (Å²) in [4.78, 5) is 18.8. The van der Waals surface area contributed by atoms with Gasteiger partial charge in [0.2, 0.25) is 0 Å². The molecule has 8 nitrogen and oxygen atoms in total. The average Bonchev–Trinajstić information content (AvgIpc) is 3.50. The fraction of sp³-hybridized carbons (Fsp3) is 0.273. The van der Waals surface area contributed by atoms with E-state index in [1.165, 1.54) is 0 Å². The molecule has 1 aliphatic carbocycles. The highest BCUT2D eigenvalue weighted by Gasteiger charge is 2.45. The van der Waals surface area contributed by atoms with Crippen molar-refractivity contribution in [3.05, 3.63) is 60.6 Å². The second kappa shape index (κ2) is 7.52. The van der Waals surface area contributed by atoms with Gasteiger partial charge in [-0.15, -0.1) is 0 Å². The van der Waals surface area contributed by atoms with Gasteiger partial charge in [-0.25, -0.2) is 0 Å². The molecule has 3 aromatic rings. The largest absolute Gasteiger partial charge is 0.355 e. The summed E-state index contributed by atoms with van der Waals surface area (Å²) in [6, 6.07) is 13.6. The Morgan fingerprint density at radius 1 is 1.23 bits per heavy atom. The lowest BCUT2D eigenvalue weighted by molar-refractivity contribution is 0.0907. The number of H-pyrrole nitrogens is 1. The van der Waals surface area contributed by atoms with Gasteiger partial charge in [-0.05, 0) is 43.0 Å². The van der Waals surface area contributed by atoms with Crippen molar-refractivity contribution in [2.75, 3.05) is 11.9 Å². The second-order valence-corrected chi connectivity index (χ2v) is 7.82. The predicted molar refractivity (Wildman–Crippen MR) is 112 cm³/mol. The number of aromatic amines is 1. The molecular formula is C22H21N7O. The molecule has 3 unspecified atom stereocenters. The maximum Gasteiger partial charge on any atom is 0.269 e. The number of fused-ring (bicyclic) bond motifs is 2. The lowest BCUT2D eigenvalue weighted by atomic mass is 10.1. The molecule has 2 fully saturated rings. The van der Waals surface area contributed by atoms with E-state index in [9.17, 15) is 10.1 Å². The number of carbonyl (C=O) groups excluding carboxylic acids is 1. The van der Waals surface area contributed by atoms with Gasteiger partial charge in [0.15, 0.2) is 6.19 Å². The minimum atomic E-state index is -0.203. The Morgan fingerprint density at radius 2 is 2.10 bits per heavy atom. The molecule has 0 spiro atoms. The van der Waals surface area contributed by atoms with Crippen LogP contribution in [0.1, 0.15) is 23.3 Å². The summed E-state index contributed by atoms with van der Waals surface area (Å²) in [6.45, 7) is 0.805. The number of piperidine rings is 1. The van der Waals surface area contributed by atoms with Crippen LogP contribution in [0, 0.1) is 17.4 Å². The van der Waals surface area contributed by atoms with Crippen molar-refractivity contribution in [3.8, 4) is 17.5 Å². The van der Waals surface area contributed by atoms with Crippen molar-refractivity contribution < 1.29 is 4.79 Å². The van der Waals surface area contributed by atoms with Crippen molar-refractivity contribution in [2.24, 2.45) is 5.92 Å². The molecule has 1 saturated carbocycles. The van der Waals surface area contributed by atoms with E-state index in [-0.39, 0.29) is 18.0 Å². The highest BCUT2D eigenvalue weighted by molar-refractivity contribution is 5.94. The number of likely N-dealkylation sites (tertiary alicyclic amines) is 1. The van der Waals surface area contributed by atoms with E-state index in [4.69, 9.17) is 0 Å². The van der Waals surface area contributed by atoms with Crippen molar-refractivity contribution in [1.82, 2.24) is 25.4 Å². The number of hydrogen-bond donors (Lipinski definition) is 3. The molecule has 1 aromatic carbocycles. The quantitative estimate of drug-likeness (QED) is 0.569. The number of benzene rings is 1. The fourth-order valence-electron chi connectivity index (χ4n) is 4.50. The van der Waals surface area contributed by atoms with Gasteiger partial charge in [0.1, 0.15) is 5.69 Å². The Balaban J connectivity index is 1.33. The predicted octanol–water partition coefficient (Wildman–Crippen LogP) is 2.89. The van der Waals surface area contributed by atoms with Gasteiger partial charge in [0.05, 0.1) is 23.5 Å². The van der Waals surface area contributed by atoms with Crippen LogP contribution in [0.5, 0.6) is 0 Å². The first kappa shape index (κ1) is 18.2. The van der Waals surface area contributed by atoms with Crippen LogP contribution in [0.15, 0.2) is 54.9 Å². The number of nitrogens with one attached hydrogen (secondary N) is 3. The van der Waals surface area contributed by atoms with Gasteiger partial charge >= 0.3 is 0 Å². The van der Waals surface area contributed by atoms with E-state index in [1.807, 2.05) is 36.4 Å². The Bertz CT molecular complexity index is 1100. The third-order valence-electron chi connectivity index (χ3n) is 5.90. The summed E-state index contributed by atoms with van der Waals surface area (Å²) in [5.41, 5.74) is 3.64. The van der Waals surface area contributed by atoms with Gasteiger partial charge in [-0.2, -0.15) is 10.4 Å². The first-order valence-electron chi connectivity index (χ1n) is 10.0. The molecule has 2 bridgehead atoms. The van der Waals surface area contributed by atoms with Crippen LogP contribution in [0.25, 0.3) is 11.3 Å². The topological polar surface area (TPSA) is 110 Å². The number of para-hydroxylation sites is 1. The Labute approximate surface area is 173 Å². The van der Waals surface area contributed by atoms with Crippen molar-refractivity contribution >= 4 is 17.3 Å². The zero-order chi connectivity index (χ0) is 20.5. The van der Waals surface area contributed by atoms with Crippen LogP contribution < -0.4 is 10.6 Å². The highest BCUT2D eigenvalue weighted by Crippen LogP contribution is 2.37. The number of nitriles is 1. The molecule has 0 radical (unpaired) electrons. The van der Waals surface area contributed by atoms with Gasteiger partial charge < -0.3 is 15.5 Å². The number of rotatable bonds is 5. The van der Waals surface area contributed by atoms with Gasteiger partial charge in [-0.1, -0.05) is 18.2 Å². The Morgan fingerprint density at radius 3 is 2.90 bits per heavy atom. The zero-order valence-corrected chi connectivity index (χ0v) is 16.2. The number of nitrogens with zero attached hydrogens (tertiary/aromatic N) is 4. The third kappa shape index (κ3) is 3.35. The average molecular weight is 399 g/mol. The molecule has 5 rings (SSSR count). The molecule has 1 aliphatic heterocycles. The number of aromatic nitrogens is 3. The van der Waals surface area contributed by atoms with Gasteiger partial charge in [-0.3, -0.25) is 14.9 Å². The summed E-state index contributed by atoms with van der Waals surface area (Å²) in [6.07, 6.45) is 7.57. The number of carbonyl (C=O) groups is 1. The molecule has 3 heterocycles. The summed E-state index contributed by atoms with van der Waals surface area (Å²) >= 11 is 0. The van der Waals surface area contributed by atoms with Crippen LogP contribution in [0.3, 0.4) is 0 Å². The summed E-state index contributed by atoms with van der Waals surface area (Å²) in [5, 5.41) is 22.9. The molecule has 3 N–H and O–H groups in total. The normalized spacial score (nSPS) is 22.0. The molecule has 150 valence electrons. The van der Waals surface area contributed by atoms with Crippen molar-refractivity contribution in [2.45, 2.75) is 24.9 Å². The summed E-state index contributed by atoms with van der Waals surface area (Å²) in [7, 11) is 0. The maximum absolute atomic E-state index is 12.8. The first-order chi connectivity index (χ1) is 14.7. The van der Waals surface area contributed by atoms with Crippen molar-refractivity contribution in [3.63, 3.8) is 0 Å². The van der Waals surface area contributed by atoms with E-state index in [0.29, 0.717) is 17.3 Å².